The van der Waals surface area contributed by atoms with Crippen LogP contribution in [0.1, 0.15) is 55.1 Å². The molecule has 0 amide bonds. The van der Waals surface area contributed by atoms with Gasteiger partial charge in [0.15, 0.2) is 11.6 Å². The Labute approximate surface area is 197 Å². The van der Waals surface area contributed by atoms with Crippen LogP contribution >= 0.6 is 0 Å². The number of hydrogen-bond donors (Lipinski definition) is 1. The summed E-state index contributed by atoms with van der Waals surface area (Å²) in [5.41, 5.74) is 1.74. The third-order valence-electron chi connectivity index (χ3n) is 7.71. The second-order valence-corrected chi connectivity index (χ2v) is 9.93. The van der Waals surface area contributed by atoms with Crippen LogP contribution < -0.4 is 10.2 Å². The van der Waals surface area contributed by atoms with Crippen LogP contribution in [0.15, 0.2) is 30.6 Å². The maximum absolute atomic E-state index is 14.0. The minimum Gasteiger partial charge on any atom is -0.356 e. The van der Waals surface area contributed by atoms with Gasteiger partial charge in [0.1, 0.15) is 18.0 Å². The predicted octanol–water partition coefficient (Wildman–Crippen LogP) is 4.30. The van der Waals surface area contributed by atoms with Crippen LogP contribution in [0.25, 0.3) is 0 Å². The minimum atomic E-state index is -0.819. The summed E-state index contributed by atoms with van der Waals surface area (Å²) in [7, 11) is 0. The van der Waals surface area contributed by atoms with Crippen molar-refractivity contribution in [1.29, 1.82) is 0 Å². The van der Waals surface area contributed by atoms with Crippen LogP contribution in [0, 0.1) is 30.4 Å². The van der Waals surface area contributed by atoms with Gasteiger partial charge in [0.05, 0.1) is 0 Å². The van der Waals surface area contributed by atoms with Crippen molar-refractivity contribution >= 4 is 11.8 Å². The van der Waals surface area contributed by atoms with Gasteiger partial charge in [-0.3, -0.25) is 0 Å². The van der Waals surface area contributed by atoms with Crippen molar-refractivity contribution in [3.05, 3.63) is 59.3 Å². The predicted molar refractivity (Wildman–Crippen MR) is 125 cm³/mol. The van der Waals surface area contributed by atoms with Crippen molar-refractivity contribution in [2.45, 2.75) is 57.5 Å². The van der Waals surface area contributed by atoms with Crippen LogP contribution in [-0.2, 0) is 6.54 Å². The van der Waals surface area contributed by atoms with Gasteiger partial charge in [0, 0.05) is 43.4 Å². The Morgan fingerprint density at radius 1 is 0.971 bits per heavy atom. The molecule has 1 saturated carbocycles. The summed E-state index contributed by atoms with van der Waals surface area (Å²) in [6.07, 6.45) is 6.84. The molecule has 2 aliphatic heterocycles. The SMILES string of the molecule is Cc1cc(N2C[C@H]3CC[C@@H](C2)C3Nc2nc3n(n2)CCCC[C@H]3c2ccc(F)c(F)c2)ncn1. The first-order valence-electron chi connectivity index (χ1n) is 12.2. The van der Waals surface area contributed by atoms with E-state index in [0.717, 1.165) is 61.8 Å². The van der Waals surface area contributed by atoms with E-state index in [2.05, 4.69) is 26.3 Å². The van der Waals surface area contributed by atoms with E-state index >= 15 is 0 Å². The lowest BCUT2D eigenvalue weighted by atomic mass is 9.92. The van der Waals surface area contributed by atoms with Crippen LogP contribution in [0.4, 0.5) is 20.5 Å². The fourth-order valence-electron chi connectivity index (χ4n) is 6.03. The zero-order valence-corrected chi connectivity index (χ0v) is 19.3. The standard InChI is InChI=1S/C25H29F2N7/c1-15-10-22(29-14-28-15)33-12-17-5-6-18(13-33)23(17)30-25-31-24-19(4-2-3-9-34(24)32-25)16-7-8-20(26)21(27)11-16/h7-8,10-11,14,17-19,23H,2-6,9,12-13H2,1H3,(H,30,32)/t17-,18+,19-,23?/m0/s1. The van der Waals surface area contributed by atoms with E-state index in [1.807, 2.05) is 11.6 Å². The highest BCUT2D eigenvalue weighted by Gasteiger charge is 2.43. The normalized spacial score (nSPS) is 26.3. The van der Waals surface area contributed by atoms with Crippen molar-refractivity contribution in [2.75, 3.05) is 23.3 Å². The second kappa shape index (κ2) is 8.60. The summed E-state index contributed by atoms with van der Waals surface area (Å²) in [6.45, 7) is 4.70. The van der Waals surface area contributed by atoms with E-state index in [1.165, 1.54) is 25.0 Å². The molecule has 1 unspecified atom stereocenters. The molecule has 7 nitrogen and oxygen atoms in total. The van der Waals surface area contributed by atoms with E-state index in [-0.39, 0.29) is 5.92 Å². The number of aromatic nitrogens is 5. The molecule has 2 fully saturated rings. The van der Waals surface area contributed by atoms with Crippen molar-refractivity contribution in [3.8, 4) is 0 Å². The molecular formula is C25H29F2N7. The molecule has 0 radical (unpaired) electrons. The molecule has 34 heavy (non-hydrogen) atoms. The van der Waals surface area contributed by atoms with Gasteiger partial charge in [-0.25, -0.2) is 23.4 Å². The Morgan fingerprint density at radius 2 is 1.79 bits per heavy atom. The minimum absolute atomic E-state index is 0.0831. The second-order valence-electron chi connectivity index (χ2n) is 9.93. The van der Waals surface area contributed by atoms with E-state index in [9.17, 15) is 8.78 Å². The third kappa shape index (κ3) is 3.91. The molecule has 1 aromatic carbocycles. The highest BCUT2D eigenvalue weighted by Crippen LogP contribution is 2.40. The number of aryl methyl sites for hydroxylation is 2. The van der Waals surface area contributed by atoms with Crippen molar-refractivity contribution < 1.29 is 8.78 Å². The third-order valence-corrected chi connectivity index (χ3v) is 7.71. The summed E-state index contributed by atoms with van der Waals surface area (Å²) in [5.74, 6) is 1.78. The van der Waals surface area contributed by atoms with Gasteiger partial charge in [-0.15, -0.1) is 5.10 Å². The number of fused-ring (bicyclic) bond motifs is 3. The summed E-state index contributed by atoms with van der Waals surface area (Å²) >= 11 is 0. The molecular weight excluding hydrogens is 436 g/mol. The molecule has 6 rings (SSSR count). The van der Waals surface area contributed by atoms with E-state index in [4.69, 9.17) is 10.1 Å². The zero-order chi connectivity index (χ0) is 23.2. The summed E-state index contributed by atoms with van der Waals surface area (Å²) < 4.78 is 29.4. The highest BCUT2D eigenvalue weighted by atomic mass is 19.2. The molecule has 1 saturated heterocycles. The monoisotopic (exact) mass is 465 g/mol. The lowest BCUT2D eigenvalue weighted by Gasteiger charge is -2.38. The number of hydrogen-bond acceptors (Lipinski definition) is 6. The van der Waals surface area contributed by atoms with E-state index in [1.54, 1.807) is 12.4 Å². The number of anilines is 2. The molecule has 2 bridgehead atoms. The van der Waals surface area contributed by atoms with Gasteiger partial charge in [0.25, 0.3) is 0 Å². The highest BCUT2D eigenvalue weighted by molar-refractivity contribution is 5.42. The lowest BCUT2D eigenvalue weighted by Crippen LogP contribution is -2.48. The van der Waals surface area contributed by atoms with Gasteiger partial charge >= 0.3 is 0 Å². The molecule has 0 spiro atoms. The Kier molecular flexibility index (Phi) is 5.42. The van der Waals surface area contributed by atoms with Gasteiger partial charge in [-0.1, -0.05) is 12.5 Å². The summed E-state index contributed by atoms with van der Waals surface area (Å²) in [5, 5.41) is 8.46. The van der Waals surface area contributed by atoms with Crippen LogP contribution in [0.5, 0.6) is 0 Å². The summed E-state index contributed by atoms with van der Waals surface area (Å²) in [6, 6.07) is 6.57. The largest absolute Gasteiger partial charge is 0.356 e. The first-order chi connectivity index (χ1) is 16.5. The van der Waals surface area contributed by atoms with Gasteiger partial charge in [-0.05, 0) is 62.1 Å². The molecule has 4 heterocycles. The molecule has 4 atom stereocenters. The van der Waals surface area contributed by atoms with Gasteiger partial charge < -0.3 is 10.2 Å². The van der Waals surface area contributed by atoms with E-state index in [0.29, 0.717) is 23.8 Å². The first kappa shape index (κ1) is 21.4. The quantitative estimate of drug-likeness (QED) is 0.620. The Hall–Kier alpha value is -3.10. The summed E-state index contributed by atoms with van der Waals surface area (Å²) in [4.78, 5) is 16.0. The molecule has 1 N–H and O–H groups in total. The van der Waals surface area contributed by atoms with Crippen molar-refractivity contribution in [1.82, 2.24) is 24.7 Å². The Bertz CT molecular complexity index is 1180. The number of nitrogens with zero attached hydrogens (tertiary/aromatic N) is 6. The number of benzene rings is 1. The fourth-order valence-corrected chi connectivity index (χ4v) is 6.03. The van der Waals surface area contributed by atoms with Crippen LogP contribution in [0.3, 0.4) is 0 Å². The maximum Gasteiger partial charge on any atom is 0.242 e. The maximum atomic E-state index is 14.0. The molecule has 1 aliphatic carbocycles. The van der Waals surface area contributed by atoms with Gasteiger partial charge in [-0.2, -0.15) is 4.98 Å². The molecule has 3 aliphatic rings. The average Bonchev–Trinajstić information content (AvgIpc) is 3.23. The van der Waals surface area contributed by atoms with E-state index < -0.39 is 11.6 Å². The molecule has 2 aromatic heterocycles. The smallest absolute Gasteiger partial charge is 0.242 e. The number of halogens is 2. The number of rotatable bonds is 4. The Balaban J connectivity index is 1.22. The molecule has 3 aromatic rings. The topological polar surface area (TPSA) is 71.8 Å². The van der Waals surface area contributed by atoms with Crippen molar-refractivity contribution in [3.63, 3.8) is 0 Å². The van der Waals surface area contributed by atoms with Crippen LogP contribution in [0.2, 0.25) is 0 Å². The average molecular weight is 466 g/mol. The molecule has 9 heteroatoms. The first-order valence-corrected chi connectivity index (χ1v) is 12.2. The molecule has 178 valence electrons. The number of piperidine rings is 1. The Morgan fingerprint density at radius 3 is 2.56 bits per heavy atom. The fraction of sp³-hybridized carbons (Fsp3) is 0.520. The van der Waals surface area contributed by atoms with Gasteiger partial charge in [0.2, 0.25) is 5.95 Å². The lowest BCUT2D eigenvalue weighted by molar-refractivity contribution is 0.374. The van der Waals surface area contributed by atoms with Crippen LogP contribution in [-0.4, -0.2) is 43.9 Å². The zero-order valence-electron chi connectivity index (χ0n) is 19.3. The van der Waals surface area contributed by atoms with Crippen molar-refractivity contribution in [2.24, 2.45) is 11.8 Å². The number of nitrogens with one attached hydrogen (secondary N) is 1.